The number of benzene rings is 9. The Balaban J connectivity index is 0.938. The molecule has 0 fully saturated rings. The van der Waals surface area contributed by atoms with Gasteiger partial charge in [-0.2, -0.15) is 0 Å². The molecule has 0 aliphatic heterocycles. The van der Waals surface area contributed by atoms with E-state index < -0.39 is 0 Å². The number of furan rings is 3. The van der Waals surface area contributed by atoms with Gasteiger partial charge >= 0.3 is 0 Å². The maximum absolute atomic E-state index is 7.09. The number of nitrogens with zero attached hydrogens (tertiary/aromatic N) is 1. The van der Waals surface area contributed by atoms with Crippen LogP contribution in [-0.4, -0.2) is 4.98 Å². The van der Waals surface area contributed by atoms with E-state index in [0.29, 0.717) is 0 Å². The Bertz CT molecular complexity index is 4590. The molecule has 1 atom stereocenters. The molecule has 73 heavy (non-hydrogen) atoms. The lowest BCUT2D eigenvalue weighted by molar-refractivity contribution is 0.599. The van der Waals surface area contributed by atoms with Crippen molar-refractivity contribution in [1.29, 1.82) is 0 Å². The summed E-state index contributed by atoms with van der Waals surface area (Å²) in [6.07, 6.45) is 3.75. The predicted molar refractivity (Wildman–Crippen MR) is 298 cm³/mol. The molecule has 1 unspecified atom stereocenters. The fourth-order valence-corrected chi connectivity index (χ4v) is 14.3. The van der Waals surface area contributed by atoms with E-state index in [2.05, 4.69) is 216 Å². The first-order valence-electron chi connectivity index (χ1n) is 25.7. The van der Waals surface area contributed by atoms with Gasteiger partial charge in [-0.3, -0.25) is 4.98 Å². The summed E-state index contributed by atoms with van der Waals surface area (Å²) in [5.74, 6) is -0.104. The number of hydrogen-bond donors (Lipinski definition) is 0. The summed E-state index contributed by atoms with van der Waals surface area (Å²) in [6, 6.07) is 62.7. The zero-order chi connectivity index (χ0) is 48.9. The van der Waals surface area contributed by atoms with Crippen molar-refractivity contribution in [3.63, 3.8) is 0 Å². The van der Waals surface area contributed by atoms with Crippen molar-refractivity contribution in [3.05, 3.63) is 232 Å². The third-order valence-electron chi connectivity index (χ3n) is 17.6. The Labute approximate surface area is 422 Å². The molecule has 0 N–H and O–H groups in total. The largest absolute Gasteiger partial charge is 0.456 e. The van der Waals surface area contributed by atoms with Gasteiger partial charge in [-0.1, -0.05) is 163 Å². The third kappa shape index (κ3) is 5.23. The molecule has 16 rings (SSSR count). The van der Waals surface area contributed by atoms with Gasteiger partial charge in [-0.25, -0.2) is 0 Å². The lowest BCUT2D eigenvalue weighted by Gasteiger charge is -2.31. The van der Waals surface area contributed by atoms with Gasteiger partial charge in [0.05, 0.1) is 0 Å². The van der Waals surface area contributed by atoms with E-state index in [1.165, 1.54) is 99.6 Å². The molecule has 4 aromatic heterocycles. The molecule has 0 saturated heterocycles. The molecule has 3 aliphatic carbocycles. The van der Waals surface area contributed by atoms with Crippen LogP contribution < -0.4 is 0 Å². The highest BCUT2D eigenvalue weighted by atomic mass is 16.3. The Hall–Kier alpha value is -8.47. The van der Waals surface area contributed by atoms with Crippen LogP contribution in [0.5, 0.6) is 0 Å². The van der Waals surface area contributed by atoms with Crippen molar-refractivity contribution in [2.24, 2.45) is 0 Å². The van der Waals surface area contributed by atoms with E-state index >= 15 is 0 Å². The summed E-state index contributed by atoms with van der Waals surface area (Å²) >= 11 is 0. The Morgan fingerprint density at radius 3 is 1.58 bits per heavy atom. The highest BCUT2D eigenvalue weighted by molar-refractivity contribution is 6.21. The van der Waals surface area contributed by atoms with Gasteiger partial charge in [-0.15, -0.1) is 0 Å². The van der Waals surface area contributed by atoms with E-state index in [0.717, 1.165) is 60.8 Å². The predicted octanol–water partition coefficient (Wildman–Crippen LogP) is 18.5. The lowest BCUT2D eigenvalue weighted by Crippen LogP contribution is -2.24. The zero-order valence-electron chi connectivity index (χ0n) is 41.6. The molecular weight excluding hydrogens is 891 g/mol. The first-order chi connectivity index (χ1) is 35.5. The first kappa shape index (κ1) is 41.2. The van der Waals surface area contributed by atoms with Gasteiger partial charge < -0.3 is 13.3 Å². The van der Waals surface area contributed by atoms with Crippen molar-refractivity contribution in [3.8, 4) is 44.5 Å². The number of hydrogen-bond acceptors (Lipinski definition) is 4. The lowest BCUT2D eigenvalue weighted by atomic mass is 9.71. The Kier molecular flexibility index (Phi) is 7.86. The van der Waals surface area contributed by atoms with Crippen LogP contribution in [0.15, 0.2) is 196 Å². The summed E-state index contributed by atoms with van der Waals surface area (Å²) in [4.78, 5) is 4.38. The number of pyridine rings is 1. The van der Waals surface area contributed by atoms with E-state index in [1.807, 2.05) is 12.4 Å². The number of rotatable bonds is 4. The van der Waals surface area contributed by atoms with Crippen LogP contribution in [0.3, 0.4) is 0 Å². The molecule has 0 saturated carbocycles. The van der Waals surface area contributed by atoms with Gasteiger partial charge in [0.15, 0.2) is 0 Å². The summed E-state index contributed by atoms with van der Waals surface area (Å²) in [5, 5.41) is 6.96. The third-order valence-corrected chi connectivity index (χ3v) is 17.6. The maximum atomic E-state index is 7.09. The van der Waals surface area contributed by atoms with Crippen LogP contribution in [0.4, 0.5) is 0 Å². The monoisotopic (exact) mass is 939 g/mol. The number of fused-ring (bicyclic) bond motifs is 22. The minimum atomic E-state index is -0.348. The topological polar surface area (TPSA) is 52.3 Å². The van der Waals surface area contributed by atoms with E-state index in [-0.39, 0.29) is 22.2 Å². The Morgan fingerprint density at radius 1 is 0.356 bits per heavy atom. The SMILES string of the molecule is CC1(C)c2cc(C(c3ccc4c(c3)C(C)(C)c3c5c(c6c(oc7ccccc76)c3-4)-c3ccccc3C5(C)C)c3ccc4oc5ccccc5c4c3)ccc2-c2c1cc(-c1ccncc1)c1oc3ccccc3c21. The molecule has 0 spiro atoms. The summed E-state index contributed by atoms with van der Waals surface area (Å²) < 4.78 is 20.4. The van der Waals surface area contributed by atoms with E-state index in [1.54, 1.807) is 0 Å². The minimum absolute atomic E-state index is 0.104. The minimum Gasteiger partial charge on any atom is -0.456 e. The van der Waals surface area contributed by atoms with Crippen molar-refractivity contribution in [2.75, 3.05) is 0 Å². The second-order valence-corrected chi connectivity index (χ2v) is 22.5. The van der Waals surface area contributed by atoms with Gasteiger partial charge in [-0.05, 0) is 132 Å². The van der Waals surface area contributed by atoms with Crippen LogP contribution in [0, 0.1) is 0 Å². The summed E-state index contributed by atoms with van der Waals surface area (Å²) in [5.41, 5.74) is 26.3. The molecule has 0 amide bonds. The fourth-order valence-electron chi connectivity index (χ4n) is 14.3. The summed E-state index contributed by atoms with van der Waals surface area (Å²) in [6.45, 7) is 14.5. The van der Waals surface area contributed by atoms with Crippen LogP contribution in [0.25, 0.3) is 110 Å². The van der Waals surface area contributed by atoms with Crippen molar-refractivity contribution >= 4 is 65.8 Å². The highest BCUT2D eigenvalue weighted by Crippen LogP contribution is 2.64. The summed E-state index contributed by atoms with van der Waals surface area (Å²) in [7, 11) is 0. The van der Waals surface area contributed by atoms with Crippen molar-refractivity contribution in [1.82, 2.24) is 4.98 Å². The molecule has 4 nitrogen and oxygen atoms in total. The second-order valence-electron chi connectivity index (χ2n) is 22.5. The smallest absolute Gasteiger partial charge is 0.144 e. The first-order valence-corrected chi connectivity index (χ1v) is 25.7. The average molecular weight is 940 g/mol. The number of para-hydroxylation sites is 3. The average Bonchev–Trinajstić information content (AvgIpc) is 4.23. The molecule has 0 radical (unpaired) electrons. The standard InChI is InChI=1S/C69H49NO3/c1-67(2)50-34-39(23-26-43(50)58-52(67)36-47(37-29-31-70-32-30-37)65-60(58)45-17-9-13-21-54(45)72-65)57(38-25-28-56-48(33-38)41-15-8-12-20-53(41)71-56)40-24-27-44-51(35-40)69(5,6)64-62(44)66-61(46-18-10-14-22-55(46)73-66)59-42-16-7-11-19-49(42)68(3,4)63(59)64/h7-36,57H,1-6H3. The number of aromatic nitrogens is 1. The normalized spacial score (nSPS) is 15.8. The quantitative estimate of drug-likeness (QED) is 0.165. The molecule has 0 bridgehead atoms. The van der Waals surface area contributed by atoms with Gasteiger partial charge in [0.1, 0.15) is 33.5 Å². The molecule has 9 aromatic carbocycles. The van der Waals surface area contributed by atoms with Crippen LogP contribution in [-0.2, 0) is 16.2 Å². The maximum Gasteiger partial charge on any atom is 0.144 e. The molecule has 348 valence electrons. The van der Waals surface area contributed by atoms with Crippen LogP contribution in [0.2, 0.25) is 0 Å². The van der Waals surface area contributed by atoms with Crippen LogP contribution >= 0.6 is 0 Å². The van der Waals surface area contributed by atoms with E-state index in [9.17, 15) is 0 Å². The Morgan fingerprint density at radius 2 is 0.863 bits per heavy atom. The molecule has 4 heteroatoms. The van der Waals surface area contributed by atoms with Crippen LogP contribution in [0.1, 0.15) is 97.5 Å². The highest BCUT2D eigenvalue weighted by Gasteiger charge is 2.49. The van der Waals surface area contributed by atoms with Gasteiger partial charge in [0.2, 0.25) is 0 Å². The molecule has 4 heterocycles. The zero-order valence-corrected chi connectivity index (χ0v) is 41.6. The second kappa shape index (κ2) is 13.9. The molecule has 13 aromatic rings. The fraction of sp³-hybridized carbons (Fsp3) is 0.145. The van der Waals surface area contributed by atoms with Crippen molar-refractivity contribution < 1.29 is 13.3 Å². The van der Waals surface area contributed by atoms with Crippen molar-refractivity contribution in [2.45, 2.75) is 63.7 Å². The van der Waals surface area contributed by atoms with Gasteiger partial charge in [0.25, 0.3) is 0 Å². The van der Waals surface area contributed by atoms with E-state index in [4.69, 9.17) is 13.3 Å². The molecule has 3 aliphatic rings. The van der Waals surface area contributed by atoms with Gasteiger partial charge in [0, 0.05) is 78.0 Å². The molecular formula is C69H49NO3.